The molecule has 2 nitrogen and oxygen atoms in total. The van der Waals surface area contributed by atoms with E-state index in [1.54, 1.807) is 7.13 Å². The molecule has 0 aliphatic heterocycles. The maximum absolute atomic E-state index is 5.61. The predicted molar refractivity (Wildman–Crippen MR) is 42.0 cm³/mol. The molecule has 0 bridgehead atoms. The molecule has 1 aromatic heterocycles. The Kier molecular flexibility index (Phi) is 1.03. The Morgan fingerprint density at radius 3 is 3.10 bits per heavy atom. The van der Waals surface area contributed by atoms with Gasteiger partial charge in [0.1, 0.15) is 0 Å². The number of nitrogen functional groups attached to an aromatic ring is 1. The van der Waals surface area contributed by atoms with E-state index < -0.39 is 0 Å². The van der Waals surface area contributed by atoms with Crippen molar-refractivity contribution in [1.82, 2.24) is 0 Å². The third-order valence-corrected chi connectivity index (χ3v) is 1.51. The third kappa shape index (κ3) is 0.636. The Bertz CT molecular complexity index is 355. The van der Waals surface area contributed by atoms with Crippen LogP contribution >= 0.6 is 0 Å². The first-order valence-corrected chi connectivity index (χ1v) is 3.09. The molecule has 0 aliphatic rings. The molecule has 10 heavy (non-hydrogen) atoms. The summed E-state index contributed by atoms with van der Waals surface area (Å²) in [4.78, 5) is 0. The molecule has 0 saturated heterocycles. The zero-order chi connectivity index (χ0) is 6.97. The van der Waals surface area contributed by atoms with E-state index in [9.17, 15) is 0 Å². The van der Waals surface area contributed by atoms with Crippen LogP contribution in [0.4, 0.5) is 5.69 Å². The van der Waals surface area contributed by atoms with Crippen LogP contribution in [0.25, 0.3) is 11.0 Å². The van der Waals surface area contributed by atoms with Crippen LogP contribution < -0.4 is 5.73 Å². The molecular formula is C7H6BNO. The Labute approximate surface area is 58.9 Å². The van der Waals surface area contributed by atoms with Crippen LogP contribution in [0.1, 0.15) is 0 Å². The van der Waals surface area contributed by atoms with E-state index in [2.05, 4.69) is 0 Å². The fraction of sp³-hybridized carbons (Fsp3) is 0. The summed E-state index contributed by atoms with van der Waals surface area (Å²) in [6, 6.07) is 5.70. The Balaban J connectivity index is 2.95. The maximum atomic E-state index is 5.61. The fourth-order valence-corrected chi connectivity index (χ4v) is 1.02. The van der Waals surface area contributed by atoms with Crippen molar-refractivity contribution in [1.29, 1.82) is 0 Å². The van der Waals surface area contributed by atoms with Crippen LogP contribution in [0.2, 0.25) is 0 Å². The first kappa shape index (κ1) is 5.53. The molecule has 2 N–H and O–H groups in total. The van der Waals surface area contributed by atoms with Gasteiger partial charge in [-0.15, -0.1) is 0 Å². The molecule has 0 radical (unpaired) electrons. The summed E-state index contributed by atoms with van der Waals surface area (Å²) in [7, 11) is 1.64. The number of anilines is 1. The second-order valence-corrected chi connectivity index (χ2v) is 2.19. The predicted octanol–water partition coefficient (Wildman–Crippen LogP) is 1.35. The molecule has 2 rings (SSSR count). The molecule has 48 valence electrons. The van der Waals surface area contributed by atoms with E-state index in [0.29, 0.717) is 5.69 Å². The second kappa shape index (κ2) is 1.87. The molecule has 0 saturated carbocycles. The molecule has 0 fully saturated rings. The summed E-state index contributed by atoms with van der Waals surface area (Å²) in [6.45, 7) is 0. The van der Waals surface area contributed by atoms with Crippen molar-refractivity contribution < 1.29 is 4.33 Å². The van der Waals surface area contributed by atoms with Crippen LogP contribution in [0.3, 0.4) is 0 Å². The fourth-order valence-electron chi connectivity index (χ4n) is 1.02. The third-order valence-electron chi connectivity index (χ3n) is 1.51. The summed E-state index contributed by atoms with van der Waals surface area (Å²) in [6.07, 6.45) is 0. The van der Waals surface area contributed by atoms with Gasteiger partial charge in [0.15, 0.2) is 0 Å². The van der Waals surface area contributed by atoms with E-state index in [1.807, 2.05) is 24.2 Å². The van der Waals surface area contributed by atoms with Gasteiger partial charge in [-0.25, -0.2) is 0 Å². The summed E-state index contributed by atoms with van der Waals surface area (Å²) < 4.78 is 5.12. The van der Waals surface area contributed by atoms with E-state index in [-0.39, 0.29) is 0 Å². The molecule has 0 atom stereocenters. The van der Waals surface area contributed by atoms with Crippen LogP contribution in [0.5, 0.6) is 0 Å². The average Bonchev–Trinajstić information content (AvgIpc) is 2.36. The quantitative estimate of drug-likeness (QED) is 0.548. The van der Waals surface area contributed by atoms with Crippen molar-refractivity contribution in [3.05, 3.63) is 24.2 Å². The van der Waals surface area contributed by atoms with Crippen LogP contribution in [-0.4, -0.2) is 7.13 Å². The number of hydrogen-bond donors (Lipinski definition) is 1. The minimum absolute atomic E-state index is 0.697. The van der Waals surface area contributed by atoms with Crippen molar-refractivity contribution in [2.75, 3.05) is 5.73 Å². The minimum atomic E-state index is 0.697. The van der Waals surface area contributed by atoms with Crippen molar-refractivity contribution in [2.45, 2.75) is 0 Å². The van der Waals surface area contributed by atoms with Gasteiger partial charge in [0.2, 0.25) is 0 Å². The van der Waals surface area contributed by atoms with Gasteiger partial charge >= 0.3 is 58.0 Å². The topological polar surface area (TPSA) is 39.2 Å². The number of para-hydroxylation sites is 1. The molecule has 1 heterocycles. The number of fused-ring (bicyclic) bond motifs is 1. The van der Waals surface area contributed by atoms with Crippen LogP contribution in [-0.2, 0) is 0 Å². The van der Waals surface area contributed by atoms with Crippen molar-refractivity contribution in [3.8, 4) is 0 Å². The van der Waals surface area contributed by atoms with Gasteiger partial charge in [-0.2, -0.15) is 0 Å². The van der Waals surface area contributed by atoms with Gasteiger partial charge in [-0.05, 0) is 0 Å². The first-order chi connectivity index (χ1) is 4.88. The number of nitrogens with two attached hydrogens (primary N) is 1. The zero-order valence-electron chi connectivity index (χ0n) is 5.37. The summed E-state index contributed by atoms with van der Waals surface area (Å²) in [5.41, 5.74) is 7.08. The van der Waals surface area contributed by atoms with Crippen molar-refractivity contribution in [3.63, 3.8) is 0 Å². The molecule has 0 aliphatic carbocycles. The number of rotatable bonds is 0. The summed E-state index contributed by atoms with van der Waals surface area (Å²) in [5, 5.41) is 1.06. The molecule has 3 heteroatoms. The summed E-state index contributed by atoms with van der Waals surface area (Å²) in [5.74, 6) is 1.89. The molecule has 0 spiro atoms. The Hall–Kier alpha value is -1.25. The van der Waals surface area contributed by atoms with Gasteiger partial charge in [-0.3, -0.25) is 0 Å². The molecular weight excluding hydrogens is 125 g/mol. The van der Waals surface area contributed by atoms with E-state index in [1.165, 1.54) is 0 Å². The SMILES string of the molecule is Nc1cccc2cboc12. The molecule has 0 unspecified atom stereocenters. The molecule has 0 amide bonds. The molecule has 1 aromatic carbocycles. The standard InChI is InChI=1S/C7H6BNO/c9-6-3-1-2-5-4-8-10-7(5)6/h1-4H,9H2. The van der Waals surface area contributed by atoms with Crippen LogP contribution in [0, 0.1) is 0 Å². The van der Waals surface area contributed by atoms with E-state index in [0.717, 1.165) is 11.0 Å². The number of benzene rings is 1. The van der Waals surface area contributed by atoms with Gasteiger partial charge in [0, 0.05) is 0 Å². The van der Waals surface area contributed by atoms with Crippen LogP contribution in [0.15, 0.2) is 28.5 Å². The first-order valence-electron chi connectivity index (χ1n) is 3.09. The molecule has 2 aromatic rings. The second-order valence-electron chi connectivity index (χ2n) is 2.19. The zero-order valence-corrected chi connectivity index (χ0v) is 5.37. The van der Waals surface area contributed by atoms with Gasteiger partial charge in [0.25, 0.3) is 0 Å². The van der Waals surface area contributed by atoms with Gasteiger partial charge in [-0.1, -0.05) is 0 Å². The van der Waals surface area contributed by atoms with Crippen molar-refractivity contribution >= 4 is 23.8 Å². The monoisotopic (exact) mass is 131 g/mol. The van der Waals surface area contributed by atoms with E-state index in [4.69, 9.17) is 10.1 Å². The summed E-state index contributed by atoms with van der Waals surface area (Å²) >= 11 is 0. The Morgan fingerprint density at radius 1 is 1.40 bits per heavy atom. The normalized spacial score (nSPS) is 10.0. The number of hydrogen-bond acceptors (Lipinski definition) is 2. The van der Waals surface area contributed by atoms with Gasteiger partial charge < -0.3 is 0 Å². The average molecular weight is 131 g/mol. The van der Waals surface area contributed by atoms with E-state index >= 15 is 0 Å². The van der Waals surface area contributed by atoms with Crippen molar-refractivity contribution in [2.24, 2.45) is 0 Å². The van der Waals surface area contributed by atoms with Gasteiger partial charge in [0.05, 0.1) is 0 Å². The Morgan fingerprint density at radius 2 is 2.30 bits per heavy atom.